The monoisotopic (exact) mass is 419 g/mol. The highest BCUT2D eigenvalue weighted by molar-refractivity contribution is 6.15. The number of hydrogen-bond acceptors (Lipinski definition) is 6. The number of carbonyl (C=O) groups excluding carboxylic acids is 2. The molecule has 0 saturated heterocycles. The van der Waals surface area contributed by atoms with Gasteiger partial charge in [0, 0.05) is 18.2 Å². The molecule has 154 valence electrons. The van der Waals surface area contributed by atoms with E-state index in [-0.39, 0.29) is 34.3 Å². The van der Waals surface area contributed by atoms with Gasteiger partial charge in [0.15, 0.2) is 5.76 Å². The third kappa shape index (κ3) is 4.04. The Hall–Kier alpha value is -4.33. The van der Waals surface area contributed by atoms with Crippen molar-refractivity contribution in [1.82, 2.24) is 0 Å². The molecule has 0 aromatic heterocycles. The minimum atomic E-state index is -0.684. The average molecular weight is 419 g/mol. The Bertz CT molecular complexity index is 1260. The SMILES string of the molecule is Cc1cc(OC(=O)c2ccc(F)cc2)cc2c1C(=O)/C(=C/c1cccc([N+](=O)[O-])c1)O2. The van der Waals surface area contributed by atoms with E-state index < -0.39 is 16.7 Å². The first kappa shape index (κ1) is 20.0. The van der Waals surface area contributed by atoms with Gasteiger partial charge < -0.3 is 9.47 Å². The van der Waals surface area contributed by atoms with Crippen molar-refractivity contribution in [1.29, 1.82) is 0 Å². The summed E-state index contributed by atoms with van der Waals surface area (Å²) < 4.78 is 24.0. The Balaban J connectivity index is 1.60. The summed E-state index contributed by atoms with van der Waals surface area (Å²) in [5.41, 5.74) is 1.35. The molecule has 0 unspecified atom stereocenters. The van der Waals surface area contributed by atoms with Gasteiger partial charge in [-0.25, -0.2) is 9.18 Å². The lowest BCUT2D eigenvalue weighted by atomic mass is 10.0. The second kappa shape index (κ2) is 7.83. The molecule has 7 nitrogen and oxygen atoms in total. The summed E-state index contributed by atoms with van der Waals surface area (Å²) in [6.45, 7) is 1.67. The molecule has 0 aliphatic carbocycles. The van der Waals surface area contributed by atoms with E-state index in [0.717, 1.165) is 12.1 Å². The molecule has 0 spiro atoms. The smallest absolute Gasteiger partial charge is 0.343 e. The number of rotatable bonds is 4. The Labute approximate surface area is 175 Å². The fraction of sp³-hybridized carbons (Fsp3) is 0.0435. The van der Waals surface area contributed by atoms with E-state index in [1.165, 1.54) is 48.5 Å². The number of nitrogens with zero attached hydrogens (tertiary/aromatic N) is 1. The summed E-state index contributed by atoms with van der Waals surface area (Å²) in [4.78, 5) is 35.5. The fourth-order valence-corrected chi connectivity index (χ4v) is 3.17. The lowest BCUT2D eigenvalue weighted by Crippen LogP contribution is -2.08. The Morgan fingerprint density at radius 1 is 1.13 bits per heavy atom. The van der Waals surface area contributed by atoms with Crippen LogP contribution in [-0.2, 0) is 0 Å². The van der Waals surface area contributed by atoms with Gasteiger partial charge in [-0.2, -0.15) is 0 Å². The van der Waals surface area contributed by atoms with Crippen LogP contribution in [0.5, 0.6) is 11.5 Å². The van der Waals surface area contributed by atoms with Crippen LogP contribution in [0.15, 0.2) is 66.4 Å². The quantitative estimate of drug-likeness (QED) is 0.197. The maximum absolute atomic E-state index is 13.0. The second-order valence-corrected chi connectivity index (χ2v) is 6.80. The van der Waals surface area contributed by atoms with Crippen LogP contribution >= 0.6 is 0 Å². The Kier molecular flexibility index (Phi) is 5.04. The highest BCUT2D eigenvalue weighted by Gasteiger charge is 2.30. The third-order valence-corrected chi connectivity index (χ3v) is 4.61. The molecule has 3 aromatic rings. The van der Waals surface area contributed by atoms with Crippen molar-refractivity contribution in [3.8, 4) is 11.5 Å². The molecule has 0 atom stereocenters. The molecule has 0 saturated carbocycles. The molecular formula is C23H14FNO6. The first-order valence-electron chi connectivity index (χ1n) is 9.13. The summed E-state index contributed by atoms with van der Waals surface area (Å²) in [5, 5.41) is 10.9. The maximum Gasteiger partial charge on any atom is 0.343 e. The predicted octanol–water partition coefficient (Wildman–Crippen LogP) is 4.88. The number of esters is 1. The summed E-state index contributed by atoms with van der Waals surface area (Å²) in [7, 11) is 0. The number of carbonyl (C=O) groups is 2. The van der Waals surface area contributed by atoms with Crippen molar-refractivity contribution in [2.24, 2.45) is 0 Å². The Morgan fingerprint density at radius 2 is 1.87 bits per heavy atom. The van der Waals surface area contributed by atoms with E-state index in [1.54, 1.807) is 13.0 Å². The van der Waals surface area contributed by atoms with Crippen molar-refractivity contribution in [3.05, 3.63) is 105 Å². The number of nitro benzene ring substituents is 1. The van der Waals surface area contributed by atoms with Crippen LogP contribution in [0.2, 0.25) is 0 Å². The number of nitro groups is 1. The van der Waals surface area contributed by atoms with Crippen LogP contribution in [0.1, 0.15) is 31.8 Å². The number of benzene rings is 3. The highest BCUT2D eigenvalue weighted by Crippen LogP contribution is 2.37. The van der Waals surface area contributed by atoms with Crippen LogP contribution in [0.25, 0.3) is 6.08 Å². The number of halogens is 1. The van der Waals surface area contributed by atoms with Crippen LogP contribution in [0.3, 0.4) is 0 Å². The van der Waals surface area contributed by atoms with Crippen LogP contribution in [-0.4, -0.2) is 16.7 Å². The molecule has 1 aliphatic rings. The molecule has 1 aliphatic heterocycles. The number of hydrogen-bond donors (Lipinski definition) is 0. The molecule has 0 N–H and O–H groups in total. The number of Topliss-reactive ketones (excluding diaryl/α,β-unsaturated/α-hetero) is 1. The molecule has 0 radical (unpaired) electrons. The molecular weight excluding hydrogens is 405 g/mol. The largest absolute Gasteiger partial charge is 0.452 e. The zero-order chi connectivity index (χ0) is 22.1. The van der Waals surface area contributed by atoms with Gasteiger partial charge in [-0.05, 0) is 54.5 Å². The zero-order valence-corrected chi connectivity index (χ0v) is 16.1. The van der Waals surface area contributed by atoms with Crippen molar-refractivity contribution < 1.29 is 28.4 Å². The summed E-state index contributed by atoms with van der Waals surface area (Å²) in [6, 6.07) is 13.6. The van der Waals surface area contributed by atoms with Gasteiger partial charge in [-0.15, -0.1) is 0 Å². The molecule has 0 bridgehead atoms. The molecule has 4 rings (SSSR count). The van der Waals surface area contributed by atoms with Crippen molar-refractivity contribution in [2.75, 3.05) is 0 Å². The topological polar surface area (TPSA) is 95.7 Å². The van der Waals surface area contributed by atoms with Gasteiger partial charge in [-0.3, -0.25) is 14.9 Å². The van der Waals surface area contributed by atoms with E-state index in [2.05, 4.69) is 0 Å². The van der Waals surface area contributed by atoms with Crippen LogP contribution in [0.4, 0.5) is 10.1 Å². The van der Waals surface area contributed by atoms with E-state index in [4.69, 9.17) is 9.47 Å². The fourth-order valence-electron chi connectivity index (χ4n) is 3.17. The molecule has 0 amide bonds. The summed E-state index contributed by atoms with van der Waals surface area (Å²) in [5.74, 6) is -1.16. The average Bonchev–Trinajstić information content (AvgIpc) is 3.04. The first-order valence-corrected chi connectivity index (χ1v) is 9.13. The highest BCUT2D eigenvalue weighted by atomic mass is 19.1. The van der Waals surface area contributed by atoms with E-state index in [9.17, 15) is 24.1 Å². The predicted molar refractivity (Wildman–Crippen MR) is 109 cm³/mol. The molecule has 0 fully saturated rings. The van der Waals surface area contributed by atoms with Crippen LogP contribution in [0, 0.1) is 22.9 Å². The standard InChI is InChI=1S/C23H14FNO6/c1-13-9-18(30-23(27)15-5-7-16(24)8-6-15)12-19-21(13)22(26)20(31-19)11-14-3-2-4-17(10-14)25(28)29/h2-12H,1H3/b20-11-. The zero-order valence-electron chi connectivity index (χ0n) is 16.1. The number of ether oxygens (including phenoxy) is 2. The van der Waals surface area contributed by atoms with E-state index >= 15 is 0 Å². The molecule has 31 heavy (non-hydrogen) atoms. The number of ketones is 1. The summed E-state index contributed by atoms with van der Waals surface area (Å²) in [6.07, 6.45) is 1.42. The summed E-state index contributed by atoms with van der Waals surface area (Å²) >= 11 is 0. The first-order chi connectivity index (χ1) is 14.8. The van der Waals surface area contributed by atoms with Gasteiger partial charge >= 0.3 is 5.97 Å². The number of non-ortho nitro benzene ring substituents is 1. The van der Waals surface area contributed by atoms with Crippen molar-refractivity contribution >= 4 is 23.5 Å². The van der Waals surface area contributed by atoms with Gasteiger partial charge in [0.1, 0.15) is 17.3 Å². The second-order valence-electron chi connectivity index (χ2n) is 6.80. The van der Waals surface area contributed by atoms with Gasteiger partial charge in [0.05, 0.1) is 16.1 Å². The van der Waals surface area contributed by atoms with Gasteiger partial charge in [0.25, 0.3) is 5.69 Å². The third-order valence-electron chi connectivity index (χ3n) is 4.61. The number of allylic oxidation sites excluding steroid dienone is 1. The Morgan fingerprint density at radius 3 is 2.58 bits per heavy atom. The minimum Gasteiger partial charge on any atom is -0.452 e. The normalized spacial score (nSPS) is 13.6. The van der Waals surface area contributed by atoms with E-state index in [1.807, 2.05) is 0 Å². The molecule has 3 aromatic carbocycles. The lowest BCUT2D eigenvalue weighted by Gasteiger charge is -2.07. The molecule has 8 heteroatoms. The van der Waals surface area contributed by atoms with Crippen molar-refractivity contribution in [2.45, 2.75) is 6.92 Å². The maximum atomic E-state index is 13.0. The van der Waals surface area contributed by atoms with Gasteiger partial charge in [0.2, 0.25) is 5.78 Å². The van der Waals surface area contributed by atoms with Gasteiger partial charge in [-0.1, -0.05) is 12.1 Å². The lowest BCUT2D eigenvalue weighted by molar-refractivity contribution is -0.384. The minimum absolute atomic E-state index is 0.000564. The number of fused-ring (bicyclic) bond motifs is 1. The van der Waals surface area contributed by atoms with Crippen LogP contribution < -0.4 is 9.47 Å². The molecule has 1 heterocycles. The van der Waals surface area contributed by atoms with Crippen molar-refractivity contribution in [3.63, 3.8) is 0 Å². The van der Waals surface area contributed by atoms with E-state index in [0.29, 0.717) is 16.7 Å². The number of aryl methyl sites for hydroxylation is 1.